The van der Waals surface area contributed by atoms with Crippen molar-refractivity contribution in [1.29, 1.82) is 0 Å². The fraction of sp³-hybridized carbons (Fsp3) is 0.231. The third-order valence-corrected chi connectivity index (χ3v) is 3.95. The third kappa shape index (κ3) is 2.88. The maximum atomic E-state index is 6.03. The number of halogens is 2. The van der Waals surface area contributed by atoms with E-state index < -0.39 is 0 Å². The van der Waals surface area contributed by atoms with Crippen LogP contribution >= 0.6 is 27.5 Å². The molecule has 3 nitrogen and oxygen atoms in total. The van der Waals surface area contributed by atoms with Crippen molar-refractivity contribution in [3.63, 3.8) is 0 Å². The largest absolute Gasteiger partial charge is 0.380 e. The van der Waals surface area contributed by atoms with Crippen molar-refractivity contribution in [1.82, 2.24) is 9.97 Å². The molecule has 0 N–H and O–H groups in total. The Morgan fingerprint density at radius 2 is 1.89 bits per heavy atom. The molecule has 2 aromatic rings. The van der Waals surface area contributed by atoms with Crippen LogP contribution in [0.4, 0.5) is 0 Å². The predicted octanol–water partition coefficient (Wildman–Crippen LogP) is 4.01. The molecule has 0 aliphatic rings. The zero-order valence-electron chi connectivity index (χ0n) is 10.1. The molecule has 94 valence electrons. The first kappa shape index (κ1) is 13.5. The second-order valence-electron chi connectivity index (χ2n) is 3.87. The topological polar surface area (TPSA) is 35.0 Å². The lowest BCUT2D eigenvalue weighted by molar-refractivity contribution is 0.185. The maximum absolute atomic E-state index is 6.03. The monoisotopic (exact) mass is 326 g/mol. The lowest BCUT2D eigenvalue weighted by Gasteiger charge is -2.06. The minimum Gasteiger partial charge on any atom is -0.380 e. The van der Waals surface area contributed by atoms with E-state index in [4.69, 9.17) is 16.3 Å². The van der Waals surface area contributed by atoms with E-state index in [1.807, 2.05) is 31.2 Å². The van der Waals surface area contributed by atoms with Crippen molar-refractivity contribution in [2.75, 3.05) is 7.11 Å². The number of rotatable bonds is 3. The van der Waals surface area contributed by atoms with E-state index in [2.05, 4.69) is 25.9 Å². The van der Waals surface area contributed by atoms with Crippen molar-refractivity contribution >= 4 is 27.5 Å². The Kier molecular flexibility index (Phi) is 4.32. The number of aryl methyl sites for hydroxylation is 1. The van der Waals surface area contributed by atoms with Gasteiger partial charge in [-0.3, -0.25) is 0 Å². The molecule has 0 radical (unpaired) electrons. The van der Waals surface area contributed by atoms with Crippen LogP contribution in [-0.4, -0.2) is 17.1 Å². The van der Waals surface area contributed by atoms with Gasteiger partial charge in [0.05, 0.1) is 16.8 Å². The predicted molar refractivity (Wildman–Crippen MR) is 75.6 cm³/mol. The molecule has 0 fully saturated rings. The zero-order valence-corrected chi connectivity index (χ0v) is 12.4. The fourth-order valence-corrected chi connectivity index (χ4v) is 1.96. The van der Waals surface area contributed by atoms with Gasteiger partial charge >= 0.3 is 0 Å². The van der Waals surface area contributed by atoms with Gasteiger partial charge in [-0.15, -0.1) is 0 Å². The second-order valence-corrected chi connectivity index (χ2v) is 5.02. The van der Waals surface area contributed by atoms with Crippen LogP contribution in [0.25, 0.3) is 11.4 Å². The highest BCUT2D eigenvalue weighted by atomic mass is 79.9. The smallest absolute Gasteiger partial charge is 0.161 e. The third-order valence-electron chi connectivity index (χ3n) is 2.50. The second kappa shape index (κ2) is 5.78. The number of methoxy groups -OCH3 is 1. The molecule has 0 saturated heterocycles. The van der Waals surface area contributed by atoms with Crippen LogP contribution in [0.5, 0.6) is 0 Å². The van der Waals surface area contributed by atoms with Gasteiger partial charge < -0.3 is 4.74 Å². The minimum atomic E-state index is 0.429. The molecule has 0 unspecified atom stereocenters. The normalized spacial score (nSPS) is 10.7. The van der Waals surface area contributed by atoms with Gasteiger partial charge in [-0.2, -0.15) is 0 Å². The number of hydrogen-bond acceptors (Lipinski definition) is 3. The average Bonchev–Trinajstić information content (AvgIpc) is 2.37. The van der Waals surface area contributed by atoms with Crippen molar-refractivity contribution in [2.24, 2.45) is 0 Å². The molecule has 0 bridgehead atoms. The Labute approximate surface area is 119 Å². The summed E-state index contributed by atoms with van der Waals surface area (Å²) in [5, 5.41) is 0.429. The molecule has 5 heteroatoms. The van der Waals surface area contributed by atoms with E-state index in [1.165, 1.54) is 0 Å². The highest BCUT2D eigenvalue weighted by Gasteiger charge is 2.09. The Hall–Kier alpha value is -0.970. The highest BCUT2D eigenvalue weighted by molar-refractivity contribution is 9.10. The van der Waals surface area contributed by atoms with Crippen LogP contribution in [0.2, 0.25) is 5.15 Å². The van der Waals surface area contributed by atoms with Gasteiger partial charge in [0.15, 0.2) is 5.82 Å². The first-order chi connectivity index (χ1) is 8.61. The molecule has 0 amide bonds. The van der Waals surface area contributed by atoms with Crippen LogP contribution in [0.1, 0.15) is 11.3 Å². The van der Waals surface area contributed by atoms with Crippen molar-refractivity contribution < 1.29 is 4.74 Å². The summed E-state index contributed by atoms with van der Waals surface area (Å²) in [6.45, 7) is 2.49. The number of aromatic nitrogens is 2. The molecule has 1 aromatic heterocycles. The lowest BCUT2D eigenvalue weighted by atomic mass is 10.1. The Balaban J connectivity index is 2.36. The maximum Gasteiger partial charge on any atom is 0.161 e. The number of ether oxygens (including phenoxy) is 1. The molecule has 1 aromatic carbocycles. The van der Waals surface area contributed by atoms with E-state index in [0.717, 1.165) is 21.3 Å². The quantitative estimate of drug-likeness (QED) is 0.799. The molecule has 0 atom stereocenters. The van der Waals surface area contributed by atoms with Gasteiger partial charge in [-0.25, -0.2) is 9.97 Å². The Morgan fingerprint density at radius 1 is 1.22 bits per heavy atom. The van der Waals surface area contributed by atoms with Gasteiger partial charge in [0.2, 0.25) is 0 Å². The van der Waals surface area contributed by atoms with E-state index in [0.29, 0.717) is 17.6 Å². The standard InChI is InChI=1S/C13H12BrClN2O/c1-8-11(14)12(15)17-13(16-8)10-5-3-9(4-6-10)7-18-2/h3-6H,7H2,1-2H3. The van der Waals surface area contributed by atoms with Crippen LogP contribution < -0.4 is 0 Å². The SMILES string of the molecule is COCc1ccc(-c2nc(C)c(Br)c(Cl)n2)cc1. The van der Waals surface area contributed by atoms with Gasteiger partial charge in [0.25, 0.3) is 0 Å². The van der Waals surface area contributed by atoms with Crippen LogP contribution in [0.15, 0.2) is 28.7 Å². The van der Waals surface area contributed by atoms with Gasteiger partial charge in [-0.1, -0.05) is 35.9 Å². The summed E-state index contributed by atoms with van der Waals surface area (Å²) in [7, 11) is 1.68. The number of hydrogen-bond donors (Lipinski definition) is 0. The average molecular weight is 328 g/mol. The van der Waals surface area contributed by atoms with Crippen LogP contribution in [-0.2, 0) is 11.3 Å². The van der Waals surface area contributed by atoms with E-state index in [-0.39, 0.29) is 0 Å². The van der Waals surface area contributed by atoms with E-state index in [9.17, 15) is 0 Å². The summed E-state index contributed by atoms with van der Waals surface area (Å²) in [5.74, 6) is 0.629. The summed E-state index contributed by atoms with van der Waals surface area (Å²) in [4.78, 5) is 8.66. The summed E-state index contributed by atoms with van der Waals surface area (Å²) in [6.07, 6.45) is 0. The zero-order chi connectivity index (χ0) is 13.1. The first-order valence-electron chi connectivity index (χ1n) is 5.39. The molecular weight excluding hydrogens is 316 g/mol. The highest BCUT2D eigenvalue weighted by Crippen LogP contribution is 2.26. The molecule has 0 saturated carbocycles. The molecule has 1 heterocycles. The Bertz CT molecular complexity index is 534. The van der Waals surface area contributed by atoms with Crippen molar-refractivity contribution in [2.45, 2.75) is 13.5 Å². The fourth-order valence-electron chi connectivity index (χ4n) is 1.57. The van der Waals surface area contributed by atoms with Gasteiger partial charge in [0, 0.05) is 12.7 Å². The Morgan fingerprint density at radius 3 is 2.44 bits per heavy atom. The van der Waals surface area contributed by atoms with Crippen molar-refractivity contribution in [3.8, 4) is 11.4 Å². The van der Waals surface area contributed by atoms with E-state index in [1.54, 1.807) is 7.11 Å². The molecule has 18 heavy (non-hydrogen) atoms. The molecule has 0 spiro atoms. The summed E-state index contributed by atoms with van der Waals surface area (Å²) >= 11 is 9.38. The first-order valence-corrected chi connectivity index (χ1v) is 6.57. The summed E-state index contributed by atoms with van der Waals surface area (Å²) in [5.41, 5.74) is 2.87. The minimum absolute atomic E-state index is 0.429. The number of nitrogens with zero attached hydrogens (tertiary/aromatic N) is 2. The summed E-state index contributed by atoms with van der Waals surface area (Å²) in [6, 6.07) is 7.92. The van der Waals surface area contributed by atoms with Crippen molar-refractivity contribution in [3.05, 3.63) is 45.1 Å². The van der Waals surface area contributed by atoms with Crippen LogP contribution in [0, 0.1) is 6.92 Å². The van der Waals surface area contributed by atoms with Gasteiger partial charge in [-0.05, 0) is 28.4 Å². The molecule has 0 aliphatic carbocycles. The molecule has 2 rings (SSSR count). The lowest BCUT2D eigenvalue weighted by Crippen LogP contribution is -1.95. The number of benzene rings is 1. The van der Waals surface area contributed by atoms with E-state index >= 15 is 0 Å². The van der Waals surface area contributed by atoms with Crippen LogP contribution in [0.3, 0.4) is 0 Å². The summed E-state index contributed by atoms with van der Waals surface area (Å²) < 4.78 is 5.81. The van der Waals surface area contributed by atoms with Gasteiger partial charge in [0.1, 0.15) is 5.15 Å². The molecule has 0 aliphatic heterocycles. The molecular formula is C13H12BrClN2O.